The van der Waals surface area contributed by atoms with Gasteiger partial charge in [0.25, 0.3) is 5.91 Å². The number of hydrogen-bond acceptors (Lipinski definition) is 5. The molecule has 2 aromatic rings. The Hall–Kier alpha value is -2.18. The Bertz CT molecular complexity index is 838. The van der Waals surface area contributed by atoms with Crippen molar-refractivity contribution in [3.63, 3.8) is 0 Å². The molecule has 1 aromatic carbocycles. The van der Waals surface area contributed by atoms with Crippen molar-refractivity contribution in [1.29, 1.82) is 0 Å². The first kappa shape index (κ1) is 18.2. The second-order valence-electron chi connectivity index (χ2n) is 6.99. The van der Waals surface area contributed by atoms with E-state index in [1.165, 1.54) is 16.9 Å². The molecule has 1 aromatic heterocycles. The lowest BCUT2D eigenvalue weighted by atomic mass is 9.95. The average molecular weight is 385 g/mol. The maximum absolute atomic E-state index is 12.8. The SMILES string of the molecule is O=C(OCC1CCCO1)c1ccccc1NC(=O)c1csc2c1CCCC2. The fourth-order valence-corrected chi connectivity index (χ4v) is 4.79. The Morgan fingerprint density at radius 1 is 1.15 bits per heavy atom. The number of carbonyl (C=O) groups is 2. The van der Waals surface area contributed by atoms with Gasteiger partial charge in [0.2, 0.25) is 0 Å². The van der Waals surface area contributed by atoms with Crippen molar-refractivity contribution in [1.82, 2.24) is 0 Å². The van der Waals surface area contributed by atoms with Gasteiger partial charge in [0.05, 0.1) is 22.9 Å². The fourth-order valence-electron chi connectivity index (χ4n) is 3.67. The van der Waals surface area contributed by atoms with Crippen LogP contribution in [0, 0.1) is 0 Å². The quantitative estimate of drug-likeness (QED) is 0.783. The Kier molecular flexibility index (Phi) is 5.55. The fraction of sp³-hybridized carbons (Fsp3) is 0.429. The van der Waals surface area contributed by atoms with Crippen molar-refractivity contribution >= 4 is 28.9 Å². The molecule has 1 saturated heterocycles. The minimum absolute atomic E-state index is 0.0203. The molecule has 1 fully saturated rings. The summed E-state index contributed by atoms with van der Waals surface area (Å²) in [4.78, 5) is 26.6. The number of anilines is 1. The predicted octanol–water partition coefficient (Wildman–Crippen LogP) is 4.22. The molecular formula is C21H23NO4S. The number of carbonyl (C=O) groups excluding carboxylic acids is 2. The van der Waals surface area contributed by atoms with Crippen molar-refractivity contribution in [2.24, 2.45) is 0 Å². The summed E-state index contributed by atoms with van der Waals surface area (Å²) in [5.74, 6) is -0.595. The Morgan fingerprint density at radius 3 is 2.85 bits per heavy atom. The molecule has 2 aliphatic rings. The Labute approximate surface area is 162 Å². The molecule has 6 heteroatoms. The molecule has 2 heterocycles. The maximum atomic E-state index is 12.8. The standard InChI is InChI=1S/C21H23NO4S/c23-20(17-13-27-19-10-4-2-7-15(17)19)22-18-9-3-1-8-16(18)21(24)26-12-14-6-5-11-25-14/h1,3,8-9,13-14H,2,4-7,10-12H2,(H,22,23). The molecule has 1 atom stereocenters. The Balaban J connectivity index is 1.46. The third-order valence-electron chi connectivity index (χ3n) is 5.13. The summed E-state index contributed by atoms with van der Waals surface area (Å²) in [6.45, 7) is 0.971. The van der Waals surface area contributed by atoms with Crippen LogP contribution >= 0.6 is 11.3 Å². The number of hydrogen-bond donors (Lipinski definition) is 1. The van der Waals surface area contributed by atoms with Crippen LogP contribution in [0.5, 0.6) is 0 Å². The van der Waals surface area contributed by atoms with Gasteiger partial charge < -0.3 is 14.8 Å². The highest BCUT2D eigenvalue weighted by Gasteiger charge is 2.23. The summed E-state index contributed by atoms with van der Waals surface area (Å²) in [6, 6.07) is 6.98. The molecule has 1 aliphatic carbocycles. The normalized spacial score (nSPS) is 18.7. The van der Waals surface area contributed by atoms with Gasteiger partial charge in [-0.1, -0.05) is 12.1 Å². The van der Waals surface area contributed by atoms with Gasteiger partial charge in [-0.15, -0.1) is 11.3 Å². The van der Waals surface area contributed by atoms with Crippen LogP contribution in [-0.2, 0) is 22.3 Å². The molecule has 1 aliphatic heterocycles. The lowest BCUT2D eigenvalue weighted by Crippen LogP contribution is -2.20. The molecule has 1 N–H and O–H groups in total. The van der Waals surface area contributed by atoms with Crippen molar-refractivity contribution in [2.45, 2.75) is 44.6 Å². The molecule has 5 nitrogen and oxygen atoms in total. The smallest absolute Gasteiger partial charge is 0.340 e. The van der Waals surface area contributed by atoms with E-state index in [4.69, 9.17) is 9.47 Å². The van der Waals surface area contributed by atoms with Gasteiger partial charge >= 0.3 is 5.97 Å². The minimum Gasteiger partial charge on any atom is -0.459 e. The van der Waals surface area contributed by atoms with Crippen LogP contribution in [0.2, 0.25) is 0 Å². The number of para-hydroxylation sites is 1. The van der Waals surface area contributed by atoms with E-state index >= 15 is 0 Å². The molecule has 27 heavy (non-hydrogen) atoms. The van der Waals surface area contributed by atoms with Crippen LogP contribution in [0.4, 0.5) is 5.69 Å². The second-order valence-corrected chi connectivity index (χ2v) is 7.96. The van der Waals surface area contributed by atoms with Crippen LogP contribution in [0.15, 0.2) is 29.6 Å². The number of thiophene rings is 1. The van der Waals surface area contributed by atoms with Crippen LogP contribution < -0.4 is 5.32 Å². The molecule has 1 unspecified atom stereocenters. The van der Waals surface area contributed by atoms with Crippen LogP contribution in [-0.4, -0.2) is 31.2 Å². The van der Waals surface area contributed by atoms with Gasteiger partial charge in [0, 0.05) is 16.9 Å². The topological polar surface area (TPSA) is 64.6 Å². The van der Waals surface area contributed by atoms with Crippen molar-refractivity contribution in [2.75, 3.05) is 18.5 Å². The summed E-state index contributed by atoms with van der Waals surface area (Å²) in [6.07, 6.45) is 6.21. The molecule has 0 spiro atoms. The summed E-state index contributed by atoms with van der Waals surface area (Å²) < 4.78 is 10.9. The van der Waals surface area contributed by atoms with Crippen LogP contribution in [0.1, 0.15) is 56.8 Å². The number of benzene rings is 1. The highest BCUT2D eigenvalue weighted by molar-refractivity contribution is 7.10. The summed E-state index contributed by atoms with van der Waals surface area (Å²) in [7, 11) is 0. The largest absolute Gasteiger partial charge is 0.459 e. The molecule has 142 valence electrons. The third kappa shape index (κ3) is 4.06. The zero-order valence-electron chi connectivity index (χ0n) is 15.2. The van der Waals surface area contributed by atoms with Crippen molar-refractivity contribution in [3.8, 4) is 0 Å². The summed E-state index contributed by atoms with van der Waals surface area (Å²) in [5, 5.41) is 4.84. The highest BCUT2D eigenvalue weighted by Crippen LogP contribution is 2.31. The summed E-state index contributed by atoms with van der Waals surface area (Å²) in [5.41, 5.74) is 2.75. The van der Waals surface area contributed by atoms with Crippen molar-refractivity contribution < 1.29 is 19.1 Å². The van der Waals surface area contributed by atoms with E-state index < -0.39 is 5.97 Å². The first-order chi connectivity index (χ1) is 13.2. The monoisotopic (exact) mass is 385 g/mol. The molecule has 0 radical (unpaired) electrons. The van der Waals surface area contributed by atoms with E-state index in [-0.39, 0.29) is 18.6 Å². The number of esters is 1. The lowest BCUT2D eigenvalue weighted by Gasteiger charge is -2.15. The van der Waals surface area contributed by atoms with Gasteiger partial charge in [-0.25, -0.2) is 4.79 Å². The molecular weight excluding hydrogens is 362 g/mol. The lowest BCUT2D eigenvalue weighted by molar-refractivity contribution is 0.0162. The van der Waals surface area contributed by atoms with Gasteiger partial charge in [-0.2, -0.15) is 0 Å². The number of amides is 1. The maximum Gasteiger partial charge on any atom is 0.340 e. The van der Waals surface area contributed by atoms with Gasteiger partial charge in [-0.05, 0) is 56.2 Å². The molecule has 0 saturated carbocycles. The third-order valence-corrected chi connectivity index (χ3v) is 6.21. The predicted molar refractivity (Wildman–Crippen MR) is 105 cm³/mol. The number of fused-ring (bicyclic) bond motifs is 1. The van der Waals surface area contributed by atoms with Crippen molar-refractivity contribution in [3.05, 3.63) is 51.2 Å². The van der Waals surface area contributed by atoms with E-state index in [1.54, 1.807) is 35.6 Å². The molecule has 4 rings (SSSR count). The number of aryl methyl sites for hydroxylation is 1. The molecule has 1 amide bonds. The van der Waals surface area contributed by atoms with E-state index in [0.29, 0.717) is 11.3 Å². The first-order valence-corrected chi connectivity index (χ1v) is 10.4. The van der Waals surface area contributed by atoms with E-state index in [1.807, 2.05) is 5.38 Å². The van der Waals surface area contributed by atoms with E-state index in [2.05, 4.69) is 5.32 Å². The molecule has 0 bridgehead atoms. The van der Waals surface area contributed by atoms with E-state index in [0.717, 1.165) is 44.3 Å². The van der Waals surface area contributed by atoms with Gasteiger partial charge in [-0.3, -0.25) is 4.79 Å². The van der Waals surface area contributed by atoms with Crippen LogP contribution in [0.25, 0.3) is 0 Å². The number of nitrogens with one attached hydrogen (secondary N) is 1. The number of ether oxygens (including phenoxy) is 2. The van der Waals surface area contributed by atoms with Gasteiger partial charge in [0.15, 0.2) is 0 Å². The second kappa shape index (κ2) is 8.23. The minimum atomic E-state index is -0.436. The average Bonchev–Trinajstić information content (AvgIpc) is 3.36. The van der Waals surface area contributed by atoms with Crippen LogP contribution in [0.3, 0.4) is 0 Å². The first-order valence-electron chi connectivity index (χ1n) is 9.50. The zero-order valence-corrected chi connectivity index (χ0v) is 16.0. The number of rotatable bonds is 5. The zero-order chi connectivity index (χ0) is 18.6. The Morgan fingerprint density at radius 2 is 2.00 bits per heavy atom. The highest BCUT2D eigenvalue weighted by atomic mass is 32.1. The van der Waals surface area contributed by atoms with E-state index in [9.17, 15) is 9.59 Å². The van der Waals surface area contributed by atoms with Gasteiger partial charge in [0.1, 0.15) is 6.61 Å². The summed E-state index contributed by atoms with van der Waals surface area (Å²) >= 11 is 1.66.